The molecule has 2 aromatic rings. The second-order valence-electron chi connectivity index (χ2n) is 5.13. The minimum atomic E-state index is -0.591. The molecule has 0 spiro atoms. The zero-order chi connectivity index (χ0) is 12.8. The third kappa shape index (κ3) is 1.36. The van der Waals surface area contributed by atoms with Gasteiger partial charge in [-0.15, -0.1) is 0 Å². The van der Waals surface area contributed by atoms with Crippen LogP contribution in [0.1, 0.15) is 29.7 Å². The molecule has 18 heavy (non-hydrogen) atoms. The standard InChI is InChI=1S/C16H17NO/c1-16(11-7-3-2-4-8-11)13-10-6-5-9-12(13)14(18)15(16)17/h2-10,14-15,18H,17H2,1H3/t14-,15-,16+/m1/s1. The molecule has 1 aliphatic carbocycles. The van der Waals surface area contributed by atoms with Gasteiger partial charge in [0.15, 0.2) is 0 Å². The predicted molar refractivity (Wildman–Crippen MR) is 72.3 cm³/mol. The van der Waals surface area contributed by atoms with Gasteiger partial charge in [0.05, 0.1) is 6.10 Å². The Morgan fingerprint density at radius 3 is 2.33 bits per heavy atom. The molecule has 0 aromatic heterocycles. The van der Waals surface area contributed by atoms with Crippen molar-refractivity contribution in [1.82, 2.24) is 0 Å². The first-order valence-electron chi connectivity index (χ1n) is 6.24. The minimum absolute atomic E-state index is 0.308. The molecule has 0 aliphatic heterocycles. The summed E-state index contributed by atoms with van der Waals surface area (Å²) in [6.45, 7) is 2.11. The zero-order valence-corrected chi connectivity index (χ0v) is 10.4. The number of aliphatic hydroxyl groups is 1. The highest BCUT2D eigenvalue weighted by Crippen LogP contribution is 2.47. The van der Waals surface area contributed by atoms with Crippen LogP contribution in [0, 0.1) is 0 Å². The third-order valence-electron chi connectivity index (χ3n) is 4.22. The van der Waals surface area contributed by atoms with Crippen molar-refractivity contribution < 1.29 is 5.11 Å². The summed E-state index contributed by atoms with van der Waals surface area (Å²) >= 11 is 0. The van der Waals surface area contributed by atoms with E-state index in [0.29, 0.717) is 0 Å². The van der Waals surface area contributed by atoms with Crippen LogP contribution >= 0.6 is 0 Å². The van der Waals surface area contributed by atoms with Gasteiger partial charge in [-0.2, -0.15) is 0 Å². The summed E-state index contributed by atoms with van der Waals surface area (Å²) in [4.78, 5) is 0. The zero-order valence-electron chi connectivity index (χ0n) is 10.4. The van der Waals surface area contributed by atoms with Gasteiger partial charge in [-0.05, 0) is 23.6 Å². The van der Waals surface area contributed by atoms with Crippen molar-refractivity contribution in [2.24, 2.45) is 5.73 Å². The van der Waals surface area contributed by atoms with Crippen LogP contribution in [0.25, 0.3) is 0 Å². The van der Waals surface area contributed by atoms with Crippen molar-refractivity contribution in [3.8, 4) is 0 Å². The van der Waals surface area contributed by atoms with Crippen LogP contribution in [-0.4, -0.2) is 11.1 Å². The van der Waals surface area contributed by atoms with Gasteiger partial charge in [0.25, 0.3) is 0 Å². The summed E-state index contributed by atoms with van der Waals surface area (Å²) in [6, 6.07) is 17.9. The Kier molecular flexibility index (Phi) is 2.51. The smallest absolute Gasteiger partial charge is 0.0955 e. The molecule has 2 nitrogen and oxygen atoms in total. The summed E-state index contributed by atoms with van der Waals surface area (Å²) in [5, 5.41) is 10.3. The molecule has 0 unspecified atom stereocenters. The molecule has 0 radical (unpaired) electrons. The lowest BCUT2D eigenvalue weighted by Gasteiger charge is -2.31. The molecule has 2 aromatic carbocycles. The lowest BCUT2D eigenvalue weighted by atomic mass is 9.75. The third-order valence-corrected chi connectivity index (χ3v) is 4.22. The molecule has 0 saturated heterocycles. The topological polar surface area (TPSA) is 46.2 Å². The summed E-state index contributed by atoms with van der Waals surface area (Å²) < 4.78 is 0. The van der Waals surface area contributed by atoms with Crippen molar-refractivity contribution in [3.63, 3.8) is 0 Å². The average Bonchev–Trinajstić information content (AvgIpc) is 2.64. The number of nitrogens with two attached hydrogens (primary N) is 1. The quantitative estimate of drug-likeness (QED) is 0.802. The number of benzene rings is 2. The number of hydrogen-bond donors (Lipinski definition) is 2. The molecular formula is C16H17NO. The van der Waals surface area contributed by atoms with Gasteiger partial charge in [0, 0.05) is 11.5 Å². The summed E-state index contributed by atoms with van der Waals surface area (Å²) in [5.41, 5.74) is 9.21. The first-order chi connectivity index (χ1) is 8.65. The van der Waals surface area contributed by atoms with Crippen molar-refractivity contribution in [2.45, 2.75) is 24.5 Å². The van der Waals surface area contributed by atoms with Crippen LogP contribution in [0.2, 0.25) is 0 Å². The highest BCUT2D eigenvalue weighted by atomic mass is 16.3. The normalized spacial score (nSPS) is 30.2. The second kappa shape index (κ2) is 3.94. The molecule has 3 rings (SSSR count). The lowest BCUT2D eigenvalue weighted by molar-refractivity contribution is 0.140. The largest absolute Gasteiger partial charge is 0.387 e. The van der Waals surface area contributed by atoms with E-state index in [4.69, 9.17) is 5.73 Å². The molecule has 3 N–H and O–H groups in total. The first kappa shape index (κ1) is 11.5. The van der Waals surface area contributed by atoms with Gasteiger partial charge in [-0.3, -0.25) is 0 Å². The van der Waals surface area contributed by atoms with Gasteiger partial charge in [-0.25, -0.2) is 0 Å². The average molecular weight is 239 g/mol. The van der Waals surface area contributed by atoms with E-state index in [0.717, 1.165) is 16.7 Å². The summed E-state index contributed by atoms with van der Waals surface area (Å²) in [6.07, 6.45) is -0.591. The Labute approximate surface area is 107 Å². The van der Waals surface area contributed by atoms with Gasteiger partial charge in [0.1, 0.15) is 0 Å². The van der Waals surface area contributed by atoms with Gasteiger partial charge in [0.2, 0.25) is 0 Å². The maximum Gasteiger partial charge on any atom is 0.0955 e. The fourth-order valence-electron chi connectivity index (χ4n) is 3.05. The molecule has 1 aliphatic rings. The van der Waals surface area contributed by atoms with E-state index >= 15 is 0 Å². The van der Waals surface area contributed by atoms with Crippen molar-refractivity contribution in [1.29, 1.82) is 0 Å². The fraction of sp³-hybridized carbons (Fsp3) is 0.250. The predicted octanol–water partition coefficient (Wildman–Crippen LogP) is 2.37. The Hall–Kier alpha value is -1.64. The Morgan fingerprint density at radius 1 is 1.00 bits per heavy atom. The van der Waals surface area contributed by atoms with E-state index in [1.807, 2.05) is 36.4 Å². The molecule has 0 fully saturated rings. The minimum Gasteiger partial charge on any atom is -0.387 e. The number of hydrogen-bond acceptors (Lipinski definition) is 2. The van der Waals surface area contributed by atoms with E-state index < -0.39 is 6.10 Å². The van der Waals surface area contributed by atoms with Crippen molar-refractivity contribution in [2.75, 3.05) is 0 Å². The Balaban J connectivity index is 2.24. The van der Waals surface area contributed by atoms with Crippen LogP contribution in [0.15, 0.2) is 54.6 Å². The number of aliphatic hydroxyl groups excluding tert-OH is 1. The SMILES string of the molecule is C[C@]1(c2ccccc2)c2ccccc2[C@@H](O)[C@H]1N. The fourth-order valence-corrected chi connectivity index (χ4v) is 3.05. The number of rotatable bonds is 1. The van der Waals surface area contributed by atoms with Crippen LogP contribution in [0.5, 0.6) is 0 Å². The Bertz CT molecular complexity index is 566. The summed E-state index contributed by atoms with van der Waals surface area (Å²) in [5.74, 6) is 0. The maximum absolute atomic E-state index is 10.3. The Morgan fingerprint density at radius 2 is 1.61 bits per heavy atom. The van der Waals surface area contributed by atoms with Gasteiger partial charge >= 0.3 is 0 Å². The van der Waals surface area contributed by atoms with E-state index in [2.05, 4.69) is 25.1 Å². The van der Waals surface area contributed by atoms with Crippen LogP contribution in [0.3, 0.4) is 0 Å². The first-order valence-corrected chi connectivity index (χ1v) is 6.24. The molecule has 0 heterocycles. The van der Waals surface area contributed by atoms with Crippen LogP contribution in [0.4, 0.5) is 0 Å². The molecule has 0 amide bonds. The molecule has 2 heteroatoms. The van der Waals surface area contributed by atoms with Crippen LogP contribution < -0.4 is 5.73 Å². The maximum atomic E-state index is 10.3. The van der Waals surface area contributed by atoms with Crippen LogP contribution in [-0.2, 0) is 5.41 Å². The van der Waals surface area contributed by atoms with E-state index in [-0.39, 0.29) is 11.5 Å². The van der Waals surface area contributed by atoms with Gasteiger partial charge in [-0.1, -0.05) is 54.6 Å². The highest BCUT2D eigenvalue weighted by Gasteiger charge is 2.47. The van der Waals surface area contributed by atoms with Gasteiger partial charge < -0.3 is 10.8 Å². The van der Waals surface area contributed by atoms with E-state index in [1.165, 1.54) is 0 Å². The highest BCUT2D eigenvalue weighted by molar-refractivity contribution is 5.51. The monoisotopic (exact) mass is 239 g/mol. The molecule has 0 saturated carbocycles. The second-order valence-corrected chi connectivity index (χ2v) is 5.13. The summed E-state index contributed by atoms with van der Waals surface area (Å²) in [7, 11) is 0. The molecule has 3 atom stereocenters. The molecule has 0 bridgehead atoms. The lowest BCUT2D eigenvalue weighted by Crippen LogP contribution is -2.42. The molecule has 92 valence electrons. The van der Waals surface area contributed by atoms with Crippen molar-refractivity contribution >= 4 is 0 Å². The molecular weight excluding hydrogens is 222 g/mol. The van der Waals surface area contributed by atoms with E-state index in [9.17, 15) is 5.11 Å². The van der Waals surface area contributed by atoms with Crippen molar-refractivity contribution in [3.05, 3.63) is 71.3 Å². The van der Waals surface area contributed by atoms with E-state index in [1.54, 1.807) is 0 Å². The number of fused-ring (bicyclic) bond motifs is 1.